The molecule has 6 heteroatoms. The lowest BCUT2D eigenvalue weighted by Gasteiger charge is -2.18. The molecule has 2 rings (SSSR count). The molecule has 2 aromatic heterocycles. The Morgan fingerprint density at radius 2 is 2.18 bits per heavy atom. The van der Waals surface area contributed by atoms with Gasteiger partial charge in [0.2, 0.25) is 0 Å². The summed E-state index contributed by atoms with van der Waals surface area (Å²) in [6, 6.07) is 2.69. The van der Waals surface area contributed by atoms with Crippen molar-refractivity contribution < 1.29 is 8.78 Å². The number of hydrogen-bond donors (Lipinski definition) is 1. The summed E-state index contributed by atoms with van der Waals surface area (Å²) in [4.78, 5) is 5.30. The smallest absolute Gasteiger partial charge is 0.168 e. The lowest BCUT2D eigenvalue weighted by molar-refractivity contribution is 0.574. The first-order valence-electron chi connectivity index (χ1n) is 4.91. The Hall–Kier alpha value is -1.69. The van der Waals surface area contributed by atoms with Gasteiger partial charge in [-0.1, -0.05) is 0 Å². The van der Waals surface area contributed by atoms with E-state index in [9.17, 15) is 8.78 Å². The second-order valence-corrected chi connectivity index (χ2v) is 4.43. The molecule has 3 nitrogen and oxygen atoms in total. The van der Waals surface area contributed by atoms with Crippen molar-refractivity contribution in [3.63, 3.8) is 0 Å². The van der Waals surface area contributed by atoms with Gasteiger partial charge in [-0.3, -0.25) is 0 Å². The molecule has 0 atom stereocenters. The van der Waals surface area contributed by atoms with Crippen molar-refractivity contribution >= 4 is 23.0 Å². The van der Waals surface area contributed by atoms with E-state index in [-0.39, 0.29) is 11.6 Å². The summed E-state index contributed by atoms with van der Waals surface area (Å²) in [5, 5.41) is 3.90. The Bertz CT molecular complexity index is 514. The number of nitrogen functional groups attached to an aromatic ring is 1. The number of nitrogens with two attached hydrogens (primary N) is 1. The summed E-state index contributed by atoms with van der Waals surface area (Å²) in [6.45, 7) is 0.499. The standard InChI is InChI=1S/C11H11F2N3S/c1-16(5-7-2-3-17-6-7)11-9(13)4-8(12)10(14)15-11/h2-4,6H,5H2,1H3,(H2,14,15). The van der Waals surface area contributed by atoms with Crippen molar-refractivity contribution in [2.24, 2.45) is 0 Å². The molecular formula is C11H11F2N3S. The minimum Gasteiger partial charge on any atom is -0.381 e. The van der Waals surface area contributed by atoms with Crippen LogP contribution in [0.5, 0.6) is 0 Å². The molecule has 0 aliphatic carbocycles. The Morgan fingerprint density at radius 1 is 1.41 bits per heavy atom. The second kappa shape index (κ2) is 4.67. The molecule has 0 aromatic carbocycles. The second-order valence-electron chi connectivity index (χ2n) is 3.65. The molecule has 90 valence electrons. The lowest BCUT2D eigenvalue weighted by atomic mass is 10.3. The Balaban J connectivity index is 2.24. The van der Waals surface area contributed by atoms with Gasteiger partial charge in [0, 0.05) is 19.7 Å². The molecule has 2 heterocycles. The number of aromatic nitrogens is 1. The first-order valence-corrected chi connectivity index (χ1v) is 5.86. The molecular weight excluding hydrogens is 244 g/mol. The molecule has 0 amide bonds. The maximum absolute atomic E-state index is 13.5. The van der Waals surface area contributed by atoms with Gasteiger partial charge in [0.15, 0.2) is 23.3 Å². The van der Waals surface area contributed by atoms with Crippen LogP contribution in [0.25, 0.3) is 0 Å². The van der Waals surface area contributed by atoms with Gasteiger partial charge >= 0.3 is 0 Å². The van der Waals surface area contributed by atoms with Crippen LogP contribution in [0.3, 0.4) is 0 Å². The first-order chi connectivity index (χ1) is 8.08. The van der Waals surface area contributed by atoms with Gasteiger partial charge in [-0.2, -0.15) is 11.3 Å². The van der Waals surface area contributed by atoms with Crippen LogP contribution in [0, 0.1) is 11.6 Å². The van der Waals surface area contributed by atoms with Crippen LogP contribution in [0.15, 0.2) is 22.9 Å². The van der Waals surface area contributed by atoms with Crippen LogP contribution >= 0.6 is 11.3 Å². The predicted molar refractivity (Wildman–Crippen MR) is 65.0 cm³/mol. The van der Waals surface area contributed by atoms with E-state index in [2.05, 4.69) is 4.98 Å². The molecule has 0 saturated carbocycles. The highest BCUT2D eigenvalue weighted by Crippen LogP contribution is 2.21. The van der Waals surface area contributed by atoms with Crippen molar-refractivity contribution in [2.45, 2.75) is 6.54 Å². The Kier molecular flexibility index (Phi) is 3.23. The lowest BCUT2D eigenvalue weighted by Crippen LogP contribution is -2.19. The van der Waals surface area contributed by atoms with Gasteiger partial charge in [0.1, 0.15) is 0 Å². The zero-order chi connectivity index (χ0) is 12.4. The summed E-state index contributed by atoms with van der Waals surface area (Å²) >= 11 is 1.56. The van der Waals surface area contributed by atoms with Crippen LogP contribution < -0.4 is 10.6 Å². The van der Waals surface area contributed by atoms with E-state index in [1.54, 1.807) is 23.3 Å². The summed E-state index contributed by atoms with van der Waals surface area (Å²) < 4.78 is 26.5. The number of nitrogens with zero attached hydrogens (tertiary/aromatic N) is 2. The van der Waals surface area contributed by atoms with Gasteiger partial charge in [-0.25, -0.2) is 13.8 Å². The molecule has 0 bridgehead atoms. The van der Waals surface area contributed by atoms with Crippen molar-refractivity contribution in [3.8, 4) is 0 Å². The molecule has 0 radical (unpaired) electrons. The minimum absolute atomic E-state index is 0.0510. The molecule has 0 saturated heterocycles. The molecule has 0 fully saturated rings. The van der Waals surface area contributed by atoms with Crippen molar-refractivity contribution in [1.29, 1.82) is 0 Å². The van der Waals surface area contributed by atoms with Crippen LogP contribution in [-0.4, -0.2) is 12.0 Å². The maximum atomic E-state index is 13.5. The molecule has 0 spiro atoms. The zero-order valence-electron chi connectivity index (χ0n) is 9.15. The molecule has 0 unspecified atom stereocenters. The highest BCUT2D eigenvalue weighted by atomic mass is 32.1. The number of hydrogen-bond acceptors (Lipinski definition) is 4. The van der Waals surface area contributed by atoms with E-state index >= 15 is 0 Å². The van der Waals surface area contributed by atoms with E-state index in [1.807, 2.05) is 16.8 Å². The topological polar surface area (TPSA) is 42.2 Å². The molecule has 2 N–H and O–H groups in total. The summed E-state index contributed by atoms with van der Waals surface area (Å²) in [5.41, 5.74) is 6.37. The van der Waals surface area contributed by atoms with Gasteiger partial charge < -0.3 is 10.6 Å². The SMILES string of the molecule is CN(Cc1ccsc1)c1nc(N)c(F)cc1F. The Labute approximate surface area is 102 Å². The van der Waals surface area contributed by atoms with Crippen molar-refractivity contribution in [2.75, 3.05) is 17.7 Å². The summed E-state index contributed by atoms with van der Waals surface area (Å²) in [6.07, 6.45) is 0. The van der Waals surface area contributed by atoms with E-state index in [4.69, 9.17) is 5.73 Å². The molecule has 0 aliphatic rings. The predicted octanol–water partition coefficient (Wildman–Crippen LogP) is 2.64. The quantitative estimate of drug-likeness (QED) is 0.916. The van der Waals surface area contributed by atoms with Crippen LogP contribution in [0.2, 0.25) is 0 Å². The number of thiophene rings is 1. The first kappa shape index (κ1) is 11.8. The number of rotatable bonds is 3. The fourth-order valence-electron chi connectivity index (χ4n) is 1.47. The fraction of sp³-hybridized carbons (Fsp3) is 0.182. The number of anilines is 2. The van der Waals surface area contributed by atoms with E-state index in [0.717, 1.165) is 11.6 Å². The van der Waals surface area contributed by atoms with E-state index < -0.39 is 11.6 Å². The largest absolute Gasteiger partial charge is 0.381 e. The highest BCUT2D eigenvalue weighted by Gasteiger charge is 2.13. The third-order valence-electron chi connectivity index (χ3n) is 2.30. The third kappa shape index (κ3) is 2.52. The van der Waals surface area contributed by atoms with Crippen molar-refractivity contribution in [1.82, 2.24) is 4.98 Å². The molecule has 17 heavy (non-hydrogen) atoms. The zero-order valence-corrected chi connectivity index (χ0v) is 9.97. The normalized spacial score (nSPS) is 10.5. The molecule has 0 aliphatic heterocycles. The Morgan fingerprint density at radius 3 is 2.82 bits per heavy atom. The number of halogens is 2. The van der Waals surface area contributed by atoms with E-state index in [0.29, 0.717) is 6.54 Å². The van der Waals surface area contributed by atoms with Gasteiger partial charge in [0.05, 0.1) is 0 Å². The summed E-state index contributed by atoms with van der Waals surface area (Å²) in [5.74, 6) is -1.79. The van der Waals surface area contributed by atoms with Crippen LogP contribution in [-0.2, 0) is 6.54 Å². The number of pyridine rings is 1. The van der Waals surface area contributed by atoms with Gasteiger partial charge in [0.25, 0.3) is 0 Å². The van der Waals surface area contributed by atoms with Crippen molar-refractivity contribution in [3.05, 3.63) is 40.1 Å². The monoisotopic (exact) mass is 255 g/mol. The third-order valence-corrected chi connectivity index (χ3v) is 3.03. The van der Waals surface area contributed by atoms with Gasteiger partial charge in [-0.15, -0.1) is 0 Å². The summed E-state index contributed by atoms with van der Waals surface area (Å²) in [7, 11) is 1.68. The van der Waals surface area contributed by atoms with Crippen LogP contribution in [0.1, 0.15) is 5.56 Å². The molecule has 2 aromatic rings. The van der Waals surface area contributed by atoms with Gasteiger partial charge in [-0.05, 0) is 22.4 Å². The minimum atomic E-state index is -0.838. The van der Waals surface area contributed by atoms with E-state index in [1.165, 1.54) is 0 Å². The fourth-order valence-corrected chi connectivity index (χ4v) is 2.13. The van der Waals surface area contributed by atoms with Crippen LogP contribution in [0.4, 0.5) is 20.4 Å². The maximum Gasteiger partial charge on any atom is 0.168 e. The highest BCUT2D eigenvalue weighted by molar-refractivity contribution is 7.07. The average molecular weight is 255 g/mol. The average Bonchev–Trinajstić information content (AvgIpc) is 2.76.